The van der Waals surface area contributed by atoms with Crippen molar-refractivity contribution in [3.8, 4) is 11.4 Å². The highest BCUT2D eigenvalue weighted by Gasteiger charge is 2.26. The zero-order valence-corrected chi connectivity index (χ0v) is 17.4. The van der Waals surface area contributed by atoms with E-state index in [9.17, 15) is 14.7 Å². The lowest BCUT2D eigenvalue weighted by atomic mass is 10.1. The van der Waals surface area contributed by atoms with Crippen LogP contribution in [0.3, 0.4) is 0 Å². The summed E-state index contributed by atoms with van der Waals surface area (Å²) >= 11 is 0. The number of nitrogens with one attached hydrogen (secondary N) is 1. The van der Waals surface area contributed by atoms with Gasteiger partial charge >= 0.3 is 5.97 Å². The first-order chi connectivity index (χ1) is 14.8. The van der Waals surface area contributed by atoms with Crippen LogP contribution in [0.5, 0.6) is 5.75 Å². The summed E-state index contributed by atoms with van der Waals surface area (Å²) in [6.45, 7) is 5.13. The molecule has 2 atom stereocenters. The van der Waals surface area contributed by atoms with E-state index in [0.717, 1.165) is 6.07 Å². The van der Waals surface area contributed by atoms with Crippen molar-refractivity contribution in [2.24, 2.45) is 0 Å². The van der Waals surface area contributed by atoms with Gasteiger partial charge in [-0.2, -0.15) is 0 Å². The van der Waals surface area contributed by atoms with Crippen molar-refractivity contribution in [2.75, 3.05) is 25.1 Å². The topological polar surface area (TPSA) is 96.7 Å². The van der Waals surface area contributed by atoms with Crippen molar-refractivity contribution in [2.45, 2.75) is 25.9 Å². The molecule has 2 N–H and O–H groups in total. The van der Waals surface area contributed by atoms with E-state index in [1.54, 1.807) is 31.4 Å². The average Bonchev–Trinajstić information content (AvgIpc) is 2.73. The molecule has 0 spiro atoms. The monoisotopic (exact) mass is 426 g/mol. The molecule has 162 valence electrons. The van der Waals surface area contributed by atoms with E-state index in [1.807, 2.05) is 18.7 Å². The van der Waals surface area contributed by atoms with E-state index in [4.69, 9.17) is 4.74 Å². The quantitative estimate of drug-likeness (QED) is 0.661. The van der Waals surface area contributed by atoms with Crippen LogP contribution >= 0.6 is 0 Å². The van der Waals surface area contributed by atoms with Gasteiger partial charge in [0, 0.05) is 37.1 Å². The summed E-state index contributed by atoms with van der Waals surface area (Å²) < 4.78 is 21.7. The van der Waals surface area contributed by atoms with Gasteiger partial charge in [0.15, 0.2) is 17.3 Å². The van der Waals surface area contributed by atoms with Crippen LogP contribution in [0.4, 0.5) is 10.2 Å². The van der Waals surface area contributed by atoms with Crippen LogP contribution in [-0.2, 0) is 0 Å². The number of anilines is 1. The lowest BCUT2D eigenvalue weighted by Gasteiger charge is -2.37. The third kappa shape index (κ3) is 3.84. The number of hydrogen-bond donors (Lipinski definition) is 2. The van der Waals surface area contributed by atoms with Gasteiger partial charge in [-0.25, -0.2) is 14.2 Å². The largest absolute Gasteiger partial charge is 0.497 e. The molecule has 2 aromatic heterocycles. The fourth-order valence-corrected chi connectivity index (χ4v) is 4.03. The van der Waals surface area contributed by atoms with Gasteiger partial charge in [-0.15, -0.1) is 0 Å². The third-order valence-corrected chi connectivity index (χ3v) is 5.35. The second kappa shape index (κ2) is 7.99. The number of methoxy groups -OCH3 is 1. The predicted octanol–water partition coefficient (Wildman–Crippen LogP) is 2.42. The molecule has 0 saturated carbocycles. The first-order valence-electron chi connectivity index (χ1n) is 9.93. The Kier molecular flexibility index (Phi) is 5.36. The number of piperazine rings is 1. The highest BCUT2D eigenvalue weighted by atomic mass is 19.1. The van der Waals surface area contributed by atoms with Gasteiger partial charge in [-0.3, -0.25) is 4.79 Å². The van der Waals surface area contributed by atoms with E-state index in [0.29, 0.717) is 24.5 Å². The molecule has 3 aromatic rings. The Balaban J connectivity index is 1.96. The first-order valence-corrected chi connectivity index (χ1v) is 9.93. The van der Waals surface area contributed by atoms with Crippen LogP contribution in [0, 0.1) is 5.82 Å². The number of carboxylic acid groups (broad SMARTS) is 1. The molecule has 9 heteroatoms. The maximum Gasteiger partial charge on any atom is 0.341 e. The molecule has 1 aliphatic heterocycles. The number of halogens is 1. The van der Waals surface area contributed by atoms with Crippen LogP contribution in [0.1, 0.15) is 24.2 Å². The van der Waals surface area contributed by atoms with Crippen molar-refractivity contribution in [1.29, 1.82) is 0 Å². The molecular weight excluding hydrogens is 403 g/mol. The molecule has 1 aliphatic rings. The summed E-state index contributed by atoms with van der Waals surface area (Å²) in [5.74, 6) is -1.29. The lowest BCUT2D eigenvalue weighted by Crippen LogP contribution is -2.54. The second-order valence-electron chi connectivity index (χ2n) is 7.78. The molecule has 4 rings (SSSR count). The van der Waals surface area contributed by atoms with Crippen LogP contribution in [0.15, 0.2) is 41.3 Å². The highest BCUT2D eigenvalue weighted by Crippen LogP contribution is 2.25. The second-order valence-corrected chi connectivity index (χ2v) is 7.78. The smallest absolute Gasteiger partial charge is 0.341 e. The molecule has 0 amide bonds. The fourth-order valence-electron chi connectivity index (χ4n) is 4.03. The number of fused-ring (bicyclic) bond motifs is 1. The minimum Gasteiger partial charge on any atom is -0.497 e. The number of pyridine rings is 2. The number of aromatic nitrogens is 2. The normalized spacial score (nSPS) is 18.9. The van der Waals surface area contributed by atoms with Crippen LogP contribution in [-0.4, -0.2) is 52.9 Å². The number of rotatable bonds is 4. The molecule has 0 bridgehead atoms. The maximum absolute atomic E-state index is 15.1. The van der Waals surface area contributed by atoms with Crippen molar-refractivity contribution in [1.82, 2.24) is 14.9 Å². The molecule has 31 heavy (non-hydrogen) atoms. The number of ether oxygens (including phenoxy) is 1. The minimum absolute atomic E-state index is 0.0896. The molecule has 0 unspecified atom stereocenters. The molecule has 1 aromatic carbocycles. The molecular formula is C22H23FN4O4. The summed E-state index contributed by atoms with van der Waals surface area (Å²) in [6.07, 6.45) is 1.23. The van der Waals surface area contributed by atoms with E-state index in [-0.39, 0.29) is 28.9 Å². The Hall–Kier alpha value is -3.46. The summed E-state index contributed by atoms with van der Waals surface area (Å²) in [4.78, 5) is 30.8. The molecule has 0 aliphatic carbocycles. The number of aromatic carboxylic acids is 1. The Labute approximate surface area is 177 Å². The summed E-state index contributed by atoms with van der Waals surface area (Å²) in [5, 5.41) is 12.8. The number of nitrogens with zero attached hydrogens (tertiary/aromatic N) is 3. The number of benzene rings is 1. The number of carboxylic acids is 1. The lowest BCUT2D eigenvalue weighted by molar-refractivity contribution is 0.0695. The molecule has 1 saturated heterocycles. The zero-order chi connectivity index (χ0) is 22.3. The van der Waals surface area contributed by atoms with Crippen molar-refractivity contribution in [3.05, 3.63) is 58.1 Å². The fraction of sp³-hybridized carbons (Fsp3) is 0.318. The third-order valence-electron chi connectivity index (χ3n) is 5.35. The van der Waals surface area contributed by atoms with Crippen LogP contribution < -0.4 is 20.4 Å². The van der Waals surface area contributed by atoms with Crippen LogP contribution in [0.2, 0.25) is 0 Å². The molecule has 8 nitrogen and oxygen atoms in total. The number of carbonyl (C=O) groups is 1. The van der Waals surface area contributed by atoms with Gasteiger partial charge < -0.3 is 24.6 Å². The first kappa shape index (κ1) is 20.8. The van der Waals surface area contributed by atoms with Crippen molar-refractivity contribution < 1.29 is 19.0 Å². The van der Waals surface area contributed by atoms with Gasteiger partial charge in [-0.05, 0) is 44.2 Å². The zero-order valence-electron chi connectivity index (χ0n) is 17.4. The van der Waals surface area contributed by atoms with E-state index < -0.39 is 22.8 Å². The average molecular weight is 426 g/mol. The summed E-state index contributed by atoms with van der Waals surface area (Å²) in [5.41, 5.74) is -0.468. The molecule has 0 radical (unpaired) electrons. The molecule has 1 fully saturated rings. The Morgan fingerprint density at radius 3 is 2.45 bits per heavy atom. The van der Waals surface area contributed by atoms with E-state index >= 15 is 4.39 Å². The Morgan fingerprint density at radius 1 is 1.23 bits per heavy atom. The SMILES string of the molecule is COc1ccc(-n2cc(C(=O)O)c(=O)c3cc(F)c(N4C[C@@H](C)N[C@@H](C)C4)nc32)cc1. The number of hydrogen-bond acceptors (Lipinski definition) is 6. The van der Waals surface area contributed by atoms with E-state index in [1.165, 1.54) is 10.8 Å². The predicted molar refractivity (Wildman–Crippen MR) is 115 cm³/mol. The van der Waals surface area contributed by atoms with Gasteiger partial charge in [0.1, 0.15) is 11.3 Å². The van der Waals surface area contributed by atoms with Crippen molar-refractivity contribution >= 4 is 22.8 Å². The Bertz CT molecular complexity index is 1200. The maximum atomic E-state index is 15.1. The highest BCUT2D eigenvalue weighted by molar-refractivity contribution is 5.92. The van der Waals surface area contributed by atoms with Gasteiger partial charge in [0.05, 0.1) is 12.5 Å². The minimum atomic E-state index is -1.39. The van der Waals surface area contributed by atoms with Crippen molar-refractivity contribution in [3.63, 3.8) is 0 Å². The Morgan fingerprint density at radius 2 is 1.87 bits per heavy atom. The van der Waals surface area contributed by atoms with Crippen LogP contribution in [0.25, 0.3) is 16.7 Å². The van der Waals surface area contributed by atoms with Gasteiger partial charge in [0.2, 0.25) is 5.43 Å². The van der Waals surface area contributed by atoms with E-state index in [2.05, 4.69) is 10.3 Å². The summed E-state index contributed by atoms with van der Waals surface area (Å²) in [7, 11) is 1.54. The van der Waals surface area contributed by atoms with Gasteiger partial charge in [-0.1, -0.05) is 0 Å². The standard InChI is InChI=1S/C22H23FN4O4/c1-12-9-26(10-13(2)24-12)21-18(23)8-16-19(28)17(22(29)30)11-27(20(16)25-21)14-4-6-15(31-3)7-5-14/h4-8,11-13,24H,9-10H2,1-3H3,(H,29,30)/t12-,13+. The summed E-state index contributed by atoms with van der Waals surface area (Å²) in [6, 6.07) is 8.22. The molecule has 3 heterocycles. The van der Waals surface area contributed by atoms with Gasteiger partial charge in [0.25, 0.3) is 0 Å².